The molecule has 1 fully saturated rings. The molecule has 4 heteroatoms. The maximum absolute atomic E-state index is 11.4. The zero-order chi connectivity index (χ0) is 9.10. The van der Waals surface area contributed by atoms with Gasteiger partial charge in [-0.05, 0) is 18.8 Å². The quantitative estimate of drug-likeness (QED) is 0.739. The van der Waals surface area contributed by atoms with E-state index in [1.54, 1.807) is 12.4 Å². The van der Waals surface area contributed by atoms with Crippen molar-refractivity contribution in [2.75, 3.05) is 5.32 Å². The van der Waals surface area contributed by atoms with Gasteiger partial charge in [0.15, 0.2) is 0 Å². The topological polar surface area (TPSA) is 57.8 Å². The van der Waals surface area contributed by atoms with E-state index in [0.717, 1.165) is 5.69 Å². The molecule has 4 nitrogen and oxygen atoms in total. The average molecular weight is 179 g/mol. The van der Waals surface area contributed by atoms with Crippen LogP contribution in [0.5, 0.6) is 0 Å². The Bertz CT molecular complexity index is 277. The molecule has 1 heterocycles. The summed E-state index contributed by atoms with van der Waals surface area (Å²) < 4.78 is 0. The molecule has 0 radical (unpaired) electrons. The fourth-order valence-corrected chi connectivity index (χ4v) is 1.49. The summed E-state index contributed by atoms with van der Waals surface area (Å²) in [7, 11) is 0. The number of carbonyl (C=O) groups is 1. The zero-order valence-electron chi connectivity index (χ0n) is 7.42. The van der Waals surface area contributed by atoms with Crippen LogP contribution < -0.4 is 5.32 Å². The van der Waals surface area contributed by atoms with Crippen LogP contribution in [0.4, 0.5) is 5.69 Å². The minimum absolute atomic E-state index is 0.103. The van der Waals surface area contributed by atoms with Crippen LogP contribution in [-0.2, 0) is 4.79 Å². The number of hydrogen-bond acceptors (Lipinski definition) is 2. The number of aromatic amines is 1. The van der Waals surface area contributed by atoms with Gasteiger partial charge >= 0.3 is 0 Å². The second-order valence-corrected chi connectivity index (χ2v) is 3.54. The molecule has 0 bridgehead atoms. The normalized spacial score (nSPS) is 16.6. The zero-order valence-corrected chi connectivity index (χ0v) is 7.42. The molecule has 2 N–H and O–H groups in total. The second-order valence-electron chi connectivity index (χ2n) is 3.54. The molecule has 13 heavy (non-hydrogen) atoms. The van der Waals surface area contributed by atoms with Crippen LogP contribution in [-0.4, -0.2) is 16.1 Å². The lowest BCUT2D eigenvalue weighted by Gasteiger charge is -2.24. The van der Waals surface area contributed by atoms with Crippen molar-refractivity contribution in [1.82, 2.24) is 10.2 Å². The van der Waals surface area contributed by atoms with E-state index in [9.17, 15) is 4.79 Å². The van der Waals surface area contributed by atoms with Gasteiger partial charge in [-0.25, -0.2) is 0 Å². The Balaban J connectivity index is 1.78. The molecule has 2 rings (SSSR count). The maximum Gasteiger partial charge on any atom is 0.224 e. The smallest absolute Gasteiger partial charge is 0.224 e. The summed E-state index contributed by atoms with van der Waals surface area (Å²) in [4.78, 5) is 11.4. The van der Waals surface area contributed by atoms with E-state index < -0.39 is 0 Å². The molecule has 0 unspecified atom stereocenters. The molecule has 1 aliphatic carbocycles. The number of amides is 1. The predicted molar refractivity (Wildman–Crippen MR) is 49.2 cm³/mol. The van der Waals surface area contributed by atoms with Crippen molar-refractivity contribution in [2.24, 2.45) is 5.92 Å². The molecule has 1 aromatic rings. The summed E-state index contributed by atoms with van der Waals surface area (Å²) in [6.45, 7) is 0. The predicted octanol–water partition coefficient (Wildman–Crippen LogP) is 1.54. The first kappa shape index (κ1) is 8.29. The highest BCUT2D eigenvalue weighted by molar-refractivity contribution is 5.90. The number of nitrogens with one attached hydrogen (secondary N) is 2. The highest BCUT2D eigenvalue weighted by Gasteiger charge is 2.20. The lowest BCUT2D eigenvalue weighted by atomic mass is 9.83. The molecule has 1 aliphatic rings. The first-order chi connectivity index (χ1) is 6.34. The Hall–Kier alpha value is -1.32. The number of hydrogen-bond donors (Lipinski definition) is 2. The Morgan fingerprint density at radius 1 is 1.69 bits per heavy atom. The van der Waals surface area contributed by atoms with E-state index in [1.807, 2.05) is 0 Å². The highest BCUT2D eigenvalue weighted by Crippen LogP contribution is 2.29. The molecule has 0 atom stereocenters. The first-order valence-corrected chi connectivity index (χ1v) is 4.63. The molecule has 0 spiro atoms. The van der Waals surface area contributed by atoms with Crippen molar-refractivity contribution in [1.29, 1.82) is 0 Å². The number of carbonyl (C=O) groups excluding carboxylic acids is 1. The van der Waals surface area contributed by atoms with Crippen LogP contribution in [0.3, 0.4) is 0 Å². The van der Waals surface area contributed by atoms with E-state index in [-0.39, 0.29) is 5.91 Å². The third kappa shape index (κ3) is 2.08. The lowest BCUT2D eigenvalue weighted by molar-refractivity contribution is -0.117. The summed E-state index contributed by atoms with van der Waals surface area (Å²) in [5.74, 6) is 0.720. The Morgan fingerprint density at radius 3 is 3.08 bits per heavy atom. The third-order valence-corrected chi connectivity index (χ3v) is 2.48. The second kappa shape index (κ2) is 3.60. The average Bonchev–Trinajstić information content (AvgIpc) is 2.49. The monoisotopic (exact) mass is 179 g/mol. The van der Waals surface area contributed by atoms with Crippen molar-refractivity contribution in [2.45, 2.75) is 25.7 Å². The maximum atomic E-state index is 11.4. The van der Waals surface area contributed by atoms with Crippen molar-refractivity contribution in [3.63, 3.8) is 0 Å². The van der Waals surface area contributed by atoms with Gasteiger partial charge in [0, 0.05) is 12.6 Å². The molecular weight excluding hydrogens is 166 g/mol. The largest absolute Gasteiger partial charge is 0.323 e. The van der Waals surface area contributed by atoms with Gasteiger partial charge in [-0.1, -0.05) is 6.42 Å². The number of H-pyrrole nitrogens is 1. The van der Waals surface area contributed by atoms with Gasteiger partial charge < -0.3 is 5.32 Å². The number of aromatic nitrogens is 2. The summed E-state index contributed by atoms with van der Waals surface area (Å²) in [6, 6.07) is 0. The standard InChI is InChI=1S/C9H13N3O/c13-9(4-7-2-1-3-7)12-8-5-10-11-6-8/h5-7H,1-4H2,(H,10,11)(H,12,13). The van der Waals surface area contributed by atoms with Gasteiger partial charge in [-0.15, -0.1) is 0 Å². The van der Waals surface area contributed by atoms with E-state index >= 15 is 0 Å². The van der Waals surface area contributed by atoms with Crippen molar-refractivity contribution >= 4 is 11.6 Å². The fourth-order valence-electron chi connectivity index (χ4n) is 1.49. The molecule has 0 saturated heterocycles. The summed E-state index contributed by atoms with van der Waals surface area (Å²) >= 11 is 0. The molecule has 0 aliphatic heterocycles. The van der Waals surface area contributed by atoms with E-state index in [1.165, 1.54) is 19.3 Å². The summed E-state index contributed by atoms with van der Waals surface area (Å²) in [5.41, 5.74) is 0.754. The van der Waals surface area contributed by atoms with E-state index in [4.69, 9.17) is 0 Å². The van der Waals surface area contributed by atoms with Crippen LogP contribution in [0.2, 0.25) is 0 Å². The van der Waals surface area contributed by atoms with Crippen molar-refractivity contribution < 1.29 is 4.79 Å². The Morgan fingerprint density at radius 2 is 2.54 bits per heavy atom. The minimum atomic E-state index is 0.103. The summed E-state index contributed by atoms with van der Waals surface area (Å²) in [6.07, 6.45) is 7.64. The molecule has 70 valence electrons. The van der Waals surface area contributed by atoms with Gasteiger partial charge in [-0.2, -0.15) is 5.10 Å². The third-order valence-electron chi connectivity index (χ3n) is 2.48. The van der Waals surface area contributed by atoms with Crippen LogP contribution >= 0.6 is 0 Å². The number of nitrogens with zero attached hydrogens (tertiary/aromatic N) is 1. The fraction of sp³-hybridized carbons (Fsp3) is 0.556. The SMILES string of the molecule is O=C(CC1CCC1)Nc1cn[nH]c1. The van der Waals surface area contributed by atoms with Gasteiger partial charge in [0.1, 0.15) is 0 Å². The number of anilines is 1. The lowest BCUT2D eigenvalue weighted by Crippen LogP contribution is -2.20. The van der Waals surface area contributed by atoms with Crippen LogP contribution in [0.1, 0.15) is 25.7 Å². The molecular formula is C9H13N3O. The Labute approximate surface area is 76.7 Å². The summed E-state index contributed by atoms with van der Waals surface area (Å²) in [5, 5.41) is 9.19. The van der Waals surface area contributed by atoms with Gasteiger partial charge in [0.2, 0.25) is 5.91 Å². The van der Waals surface area contributed by atoms with Crippen molar-refractivity contribution in [3.8, 4) is 0 Å². The van der Waals surface area contributed by atoms with Crippen LogP contribution in [0.25, 0.3) is 0 Å². The van der Waals surface area contributed by atoms with Crippen molar-refractivity contribution in [3.05, 3.63) is 12.4 Å². The van der Waals surface area contributed by atoms with E-state index in [0.29, 0.717) is 12.3 Å². The molecule has 0 aromatic carbocycles. The van der Waals surface area contributed by atoms with Gasteiger partial charge in [0.05, 0.1) is 11.9 Å². The molecule has 1 aromatic heterocycles. The van der Waals surface area contributed by atoms with E-state index in [2.05, 4.69) is 15.5 Å². The molecule has 1 saturated carbocycles. The van der Waals surface area contributed by atoms with Crippen LogP contribution in [0, 0.1) is 5.92 Å². The Kier molecular flexibility index (Phi) is 2.29. The van der Waals surface area contributed by atoms with Crippen LogP contribution in [0.15, 0.2) is 12.4 Å². The van der Waals surface area contributed by atoms with Gasteiger partial charge in [-0.3, -0.25) is 9.89 Å². The highest BCUT2D eigenvalue weighted by atomic mass is 16.1. The molecule has 1 amide bonds. The first-order valence-electron chi connectivity index (χ1n) is 4.63. The minimum Gasteiger partial charge on any atom is -0.323 e. The van der Waals surface area contributed by atoms with Gasteiger partial charge in [0.25, 0.3) is 0 Å². The number of rotatable bonds is 3.